The first-order valence-electron chi connectivity index (χ1n) is 6.59. The summed E-state index contributed by atoms with van der Waals surface area (Å²) in [5.41, 5.74) is 0.389. The van der Waals surface area contributed by atoms with Gasteiger partial charge in [0.05, 0.1) is 0 Å². The highest BCUT2D eigenvalue weighted by atomic mass is 16.4. The lowest BCUT2D eigenvalue weighted by molar-refractivity contribution is -0.132. The smallest absolute Gasteiger partial charge is 0.330 e. The van der Waals surface area contributed by atoms with E-state index in [0.717, 1.165) is 32.1 Å². The van der Waals surface area contributed by atoms with Gasteiger partial charge in [0.1, 0.15) is 0 Å². The number of aliphatic hydroxyl groups is 1. The third-order valence-corrected chi connectivity index (χ3v) is 3.19. The van der Waals surface area contributed by atoms with Crippen molar-refractivity contribution in [3.8, 4) is 0 Å². The molecule has 2 unspecified atom stereocenters. The Hall–Kier alpha value is -0.830. The summed E-state index contributed by atoms with van der Waals surface area (Å²) >= 11 is 0. The van der Waals surface area contributed by atoms with Crippen molar-refractivity contribution < 1.29 is 15.0 Å². The number of carboxylic acids is 1. The van der Waals surface area contributed by atoms with Gasteiger partial charge in [0.15, 0.2) is 0 Å². The second-order valence-corrected chi connectivity index (χ2v) is 4.69. The van der Waals surface area contributed by atoms with E-state index in [2.05, 4.69) is 13.8 Å². The van der Waals surface area contributed by atoms with E-state index < -0.39 is 5.97 Å². The fraction of sp³-hybridized carbons (Fsp3) is 0.786. The molecule has 17 heavy (non-hydrogen) atoms. The molecule has 0 spiro atoms. The molecule has 0 aromatic carbocycles. The zero-order valence-electron chi connectivity index (χ0n) is 11.3. The molecule has 3 heteroatoms. The second-order valence-electron chi connectivity index (χ2n) is 4.69. The molecule has 0 rings (SSSR count). The molecular formula is C14H26O3. The lowest BCUT2D eigenvalue weighted by Crippen LogP contribution is -2.18. The molecule has 3 nitrogen and oxygen atoms in total. The van der Waals surface area contributed by atoms with Crippen molar-refractivity contribution in [3.05, 3.63) is 11.6 Å². The fourth-order valence-electron chi connectivity index (χ4n) is 2.10. The normalized spacial score (nSPS) is 15.6. The topological polar surface area (TPSA) is 57.5 Å². The van der Waals surface area contributed by atoms with Crippen LogP contribution in [0.4, 0.5) is 0 Å². The van der Waals surface area contributed by atoms with Crippen LogP contribution in [0.1, 0.15) is 52.9 Å². The second kappa shape index (κ2) is 9.23. The summed E-state index contributed by atoms with van der Waals surface area (Å²) < 4.78 is 0. The Labute approximate surface area is 105 Å². The molecule has 0 aliphatic carbocycles. The van der Waals surface area contributed by atoms with Gasteiger partial charge in [-0.1, -0.05) is 39.2 Å². The van der Waals surface area contributed by atoms with Gasteiger partial charge in [-0.25, -0.2) is 4.79 Å². The first-order chi connectivity index (χ1) is 8.06. The first kappa shape index (κ1) is 16.2. The van der Waals surface area contributed by atoms with Crippen LogP contribution < -0.4 is 0 Å². The van der Waals surface area contributed by atoms with Gasteiger partial charge < -0.3 is 10.2 Å². The molecule has 0 bridgehead atoms. The van der Waals surface area contributed by atoms with E-state index in [1.54, 1.807) is 6.92 Å². The van der Waals surface area contributed by atoms with Crippen LogP contribution in [0.5, 0.6) is 0 Å². The summed E-state index contributed by atoms with van der Waals surface area (Å²) in [5, 5.41) is 18.3. The molecule has 0 saturated carbocycles. The highest BCUT2D eigenvalue weighted by Crippen LogP contribution is 2.25. The Morgan fingerprint density at radius 3 is 2.29 bits per heavy atom. The van der Waals surface area contributed by atoms with Crippen molar-refractivity contribution >= 4 is 5.97 Å². The standard InChI is InChI=1S/C14H26O3/c1-4-6-8-12(9-11(3)14(16)17)13(10-15)7-5-2/h9,12-13,15H,4-8,10H2,1-3H3,(H,16,17). The zero-order valence-corrected chi connectivity index (χ0v) is 11.3. The molecule has 0 saturated heterocycles. The van der Waals surface area contributed by atoms with Crippen molar-refractivity contribution in [3.63, 3.8) is 0 Å². The van der Waals surface area contributed by atoms with E-state index in [1.807, 2.05) is 6.08 Å². The third kappa shape index (κ3) is 6.47. The molecule has 0 aliphatic rings. The van der Waals surface area contributed by atoms with E-state index in [1.165, 1.54) is 0 Å². The number of aliphatic hydroxyl groups excluding tert-OH is 1. The number of hydrogen-bond acceptors (Lipinski definition) is 2. The Kier molecular flexibility index (Phi) is 8.78. The molecular weight excluding hydrogens is 216 g/mol. The van der Waals surface area contributed by atoms with Crippen molar-refractivity contribution in [2.75, 3.05) is 6.61 Å². The van der Waals surface area contributed by atoms with Gasteiger partial charge in [0.25, 0.3) is 0 Å². The largest absolute Gasteiger partial charge is 0.478 e. The number of rotatable bonds is 9. The number of hydrogen-bond donors (Lipinski definition) is 2. The molecule has 2 N–H and O–H groups in total. The van der Waals surface area contributed by atoms with Crippen molar-refractivity contribution in [2.24, 2.45) is 11.8 Å². The average molecular weight is 242 g/mol. The van der Waals surface area contributed by atoms with Gasteiger partial charge in [-0.3, -0.25) is 0 Å². The highest BCUT2D eigenvalue weighted by Gasteiger charge is 2.18. The number of carbonyl (C=O) groups is 1. The van der Waals surface area contributed by atoms with E-state index in [9.17, 15) is 9.90 Å². The Balaban J connectivity index is 4.71. The van der Waals surface area contributed by atoms with Crippen LogP contribution in [0.3, 0.4) is 0 Å². The zero-order chi connectivity index (χ0) is 13.3. The predicted molar refractivity (Wildman–Crippen MR) is 69.9 cm³/mol. The minimum atomic E-state index is -0.861. The molecule has 100 valence electrons. The molecule has 0 radical (unpaired) electrons. The molecule has 0 amide bonds. The third-order valence-electron chi connectivity index (χ3n) is 3.19. The summed E-state index contributed by atoms with van der Waals surface area (Å²) in [6.45, 7) is 5.99. The highest BCUT2D eigenvalue weighted by molar-refractivity contribution is 5.85. The Morgan fingerprint density at radius 1 is 1.24 bits per heavy atom. The maximum Gasteiger partial charge on any atom is 0.330 e. The average Bonchev–Trinajstić information content (AvgIpc) is 2.31. The number of carboxylic acid groups (broad SMARTS) is 1. The van der Waals surface area contributed by atoms with E-state index >= 15 is 0 Å². The summed E-state index contributed by atoms with van der Waals surface area (Å²) in [6.07, 6.45) is 6.94. The predicted octanol–water partition coefficient (Wildman–Crippen LogP) is 3.23. The molecule has 0 fully saturated rings. The summed E-state index contributed by atoms with van der Waals surface area (Å²) in [6, 6.07) is 0. The van der Waals surface area contributed by atoms with Gasteiger partial charge in [-0.05, 0) is 31.6 Å². The fourth-order valence-corrected chi connectivity index (χ4v) is 2.10. The van der Waals surface area contributed by atoms with Crippen molar-refractivity contribution in [1.82, 2.24) is 0 Å². The SMILES string of the molecule is CCCCC(C=C(C)C(=O)O)C(CO)CCC. The molecule has 0 aromatic rings. The van der Waals surface area contributed by atoms with E-state index in [4.69, 9.17) is 5.11 Å². The number of aliphatic carboxylic acids is 1. The van der Waals surface area contributed by atoms with Gasteiger partial charge >= 0.3 is 5.97 Å². The van der Waals surface area contributed by atoms with Gasteiger partial charge in [-0.2, -0.15) is 0 Å². The first-order valence-corrected chi connectivity index (χ1v) is 6.59. The van der Waals surface area contributed by atoms with E-state index in [-0.39, 0.29) is 18.4 Å². The summed E-state index contributed by atoms with van der Waals surface area (Å²) in [5.74, 6) is -0.475. The number of allylic oxidation sites excluding steroid dienone is 1. The summed E-state index contributed by atoms with van der Waals surface area (Å²) in [4.78, 5) is 10.8. The molecule has 2 atom stereocenters. The van der Waals surface area contributed by atoms with Crippen LogP contribution in [-0.2, 0) is 4.79 Å². The molecule has 0 heterocycles. The van der Waals surface area contributed by atoms with Crippen LogP contribution >= 0.6 is 0 Å². The minimum Gasteiger partial charge on any atom is -0.478 e. The van der Waals surface area contributed by atoms with Gasteiger partial charge in [0.2, 0.25) is 0 Å². The van der Waals surface area contributed by atoms with Crippen molar-refractivity contribution in [2.45, 2.75) is 52.9 Å². The van der Waals surface area contributed by atoms with Crippen LogP contribution in [0.25, 0.3) is 0 Å². The van der Waals surface area contributed by atoms with Crippen LogP contribution in [-0.4, -0.2) is 22.8 Å². The maximum absolute atomic E-state index is 10.8. The van der Waals surface area contributed by atoms with Crippen LogP contribution in [0.2, 0.25) is 0 Å². The maximum atomic E-state index is 10.8. The van der Waals surface area contributed by atoms with Crippen molar-refractivity contribution in [1.29, 1.82) is 0 Å². The summed E-state index contributed by atoms with van der Waals surface area (Å²) in [7, 11) is 0. The molecule has 0 aliphatic heterocycles. The monoisotopic (exact) mass is 242 g/mol. The Bertz CT molecular complexity index is 246. The lowest BCUT2D eigenvalue weighted by atomic mass is 9.84. The number of unbranched alkanes of at least 4 members (excludes halogenated alkanes) is 1. The Morgan fingerprint density at radius 2 is 1.88 bits per heavy atom. The lowest BCUT2D eigenvalue weighted by Gasteiger charge is -2.23. The van der Waals surface area contributed by atoms with E-state index in [0.29, 0.717) is 5.57 Å². The quantitative estimate of drug-likeness (QED) is 0.610. The minimum absolute atomic E-state index is 0.144. The molecule has 0 aromatic heterocycles. The van der Waals surface area contributed by atoms with Gasteiger partial charge in [-0.15, -0.1) is 0 Å². The van der Waals surface area contributed by atoms with Crippen LogP contribution in [0, 0.1) is 11.8 Å². The van der Waals surface area contributed by atoms with Gasteiger partial charge in [0, 0.05) is 12.2 Å². The van der Waals surface area contributed by atoms with Crippen LogP contribution in [0.15, 0.2) is 11.6 Å².